The van der Waals surface area contributed by atoms with E-state index in [-0.39, 0.29) is 18.5 Å². The number of H-pyrrole nitrogens is 1. The Balaban J connectivity index is 1.81. The summed E-state index contributed by atoms with van der Waals surface area (Å²) >= 11 is 0. The van der Waals surface area contributed by atoms with E-state index in [0.717, 1.165) is 5.69 Å². The molecule has 6 N–H and O–H groups in total. The van der Waals surface area contributed by atoms with Crippen LogP contribution in [-0.2, 0) is 13.0 Å². The molecule has 0 aliphatic carbocycles. The summed E-state index contributed by atoms with van der Waals surface area (Å²) in [4.78, 5) is 22.6. The molecule has 0 spiro atoms. The van der Waals surface area contributed by atoms with Gasteiger partial charge in [0.05, 0.1) is 31.1 Å². The molecule has 0 radical (unpaired) electrons. The summed E-state index contributed by atoms with van der Waals surface area (Å²) in [6.45, 7) is 3.36. The molecular weight excluding hydrogens is 302 g/mol. The molecule has 2 aromatic heterocycles. The van der Waals surface area contributed by atoms with Crippen LogP contribution in [0.4, 0.5) is 4.79 Å². The lowest BCUT2D eigenvalue weighted by Gasteiger charge is -2.16. The van der Waals surface area contributed by atoms with E-state index in [2.05, 4.69) is 30.7 Å². The van der Waals surface area contributed by atoms with E-state index < -0.39 is 18.2 Å². The normalized spacial score (nSPS) is 15.0. The lowest BCUT2D eigenvalue weighted by Crippen LogP contribution is -2.45. The topological polar surface area (TPSA) is 155 Å². The number of aromatic amines is 1. The third-order valence-electron chi connectivity index (χ3n) is 3.29. The number of imidazole rings is 1. The standard InChI is InChI=1S/C13H21N7O3/c1-7(8(2)21)18-13(22)16-5-11-19-12(20-23-11)10(14)3-9-4-15-6-17-9/h4,6-8,10,21H,3,5,14H2,1-2H3,(H,15,17)(H2,16,18,22). The van der Waals surface area contributed by atoms with Crippen molar-refractivity contribution >= 4 is 6.03 Å². The summed E-state index contributed by atoms with van der Waals surface area (Å²) in [7, 11) is 0. The van der Waals surface area contributed by atoms with Crippen molar-refractivity contribution in [2.45, 2.75) is 45.0 Å². The predicted molar refractivity (Wildman–Crippen MR) is 80.0 cm³/mol. The van der Waals surface area contributed by atoms with Gasteiger partial charge in [-0.05, 0) is 13.8 Å². The molecule has 0 aliphatic rings. The summed E-state index contributed by atoms with van der Waals surface area (Å²) in [5, 5.41) is 18.3. The van der Waals surface area contributed by atoms with Gasteiger partial charge >= 0.3 is 6.03 Å². The van der Waals surface area contributed by atoms with E-state index in [1.165, 1.54) is 0 Å². The van der Waals surface area contributed by atoms with Gasteiger partial charge in [0.1, 0.15) is 0 Å². The van der Waals surface area contributed by atoms with Crippen molar-refractivity contribution in [3.8, 4) is 0 Å². The van der Waals surface area contributed by atoms with Crippen molar-refractivity contribution in [1.82, 2.24) is 30.7 Å². The zero-order valence-electron chi connectivity index (χ0n) is 13.0. The molecule has 0 fully saturated rings. The van der Waals surface area contributed by atoms with Crippen LogP contribution < -0.4 is 16.4 Å². The van der Waals surface area contributed by atoms with Crippen molar-refractivity contribution in [1.29, 1.82) is 0 Å². The first-order valence-electron chi connectivity index (χ1n) is 7.23. The smallest absolute Gasteiger partial charge is 0.315 e. The van der Waals surface area contributed by atoms with Crippen LogP contribution in [-0.4, -0.2) is 43.4 Å². The molecule has 0 aromatic carbocycles. The van der Waals surface area contributed by atoms with Gasteiger partial charge in [0.25, 0.3) is 0 Å². The van der Waals surface area contributed by atoms with Crippen LogP contribution in [0.5, 0.6) is 0 Å². The summed E-state index contributed by atoms with van der Waals surface area (Å²) in [5.41, 5.74) is 6.86. The van der Waals surface area contributed by atoms with Crippen LogP contribution in [0.3, 0.4) is 0 Å². The molecule has 10 nitrogen and oxygen atoms in total. The zero-order chi connectivity index (χ0) is 16.8. The highest BCUT2D eigenvalue weighted by Crippen LogP contribution is 2.11. The van der Waals surface area contributed by atoms with Gasteiger partial charge in [-0.3, -0.25) is 0 Å². The highest BCUT2D eigenvalue weighted by Gasteiger charge is 2.16. The molecule has 10 heteroatoms. The number of nitrogens with zero attached hydrogens (tertiary/aromatic N) is 3. The molecular formula is C13H21N7O3. The largest absolute Gasteiger partial charge is 0.391 e. The van der Waals surface area contributed by atoms with Gasteiger partial charge in [0, 0.05) is 18.3 Å². The van der Waals surface area contributed by atoms with E-state index >= 15 is 0 Å². The molecule has 2 amide bonds. The molecule has 0 aliphatic heterocycles. The van der Waals surface area contributed by atoms with Gasteiger partial charge in [-0.1, -0.05) is 5.16 Å². The van der Waals surface area contributed by atoms with Crippen LogP contribution in [0.2, 0.25) is 0 Å². The molecule has 0 saturated carbocycles. The number of aliphatic hydroxyl groups excluding tert-OH is 1. The lowest BCUT2D eigenvalue weighted by molar-refractivity contribution is 0.152. The lowest BCUT2D eigenvalue weighted by atomic mass is 10.2. The minimum absolute atomic E-state index is 0.0716. The predicted octanol–water partition coefficient (Wildman–Crippen LogP) is -0.396. The molecule has 23 heavy (non-hydrogen) atoms. The Morgan fingerprint density at radius 3 is 2.96 bits per heavy atom. The minimum Gasteiger partial charge on any atom is -0.391 e. The second kappa shape index (κ2) is 7.70. The molecule has 3 atom stereocenters. The fraction of sp³-hybridized carbons (Fsp3) is 0.538. The third-order valence-corrected chi connectivity index (χ3v) is 3.29. The average Bonchev–Trinajstić information content (AvgIpc) is 3.16. The SMILES string of the molecule is CC(O)C(C)NC(=O)NCc1nc(C(N)Cc2cnc[nH]2)no1. The van der Waals surface area contributed by atoms with Gasteiger partial charge in [0.2, 0.25) is 5.89 Å². The van der Waals surface area contributed by atoms with Crippen molar-refractivity contribution in [2.75, 3.05) is 0 Å². The Morgan fingerprint density at radius 1 is 1.52 bits per heavy atom. The molecule has 3 unspecified atom stereocenters. The highest BCUT2D eigenvalue weighted by atomic mass is 16.5. The number of carbonyl (C=O) groups is 1. The van der Waals surface area contributed by atoms with Gasteiger partial charge in [-0.2, -0.15) is 4.98 Å². The Bertz CT molecular complexity index is 611. The molecule has 2 rings (SSSR count). The molecule has 126 valence electrons. The minimum atomic E-state index is -0.642. The van der Waals surface area contributed by atoms with E-state index in [4.69, 9.17) is 10.3 Å². The van der Waals surface area contributed by atoms with Crippen LogP contribution >= 0.6 is 0 Å². The molecule has 0 saturated heterocycles. The Morgan fingerprint density at radius 2 is 2.30 bits per heavy atom. The monoisotopic (exact) mass is 323 g/mol. The van der Waals surface area contributed by atoms with Crippen molar-refractivity contribution < 1.29 is 14.4 Å². The highest BCUT2D eigenvalue weighted by molar-refractivity contribution is 5.74. The summed E-state index contributed by atoms with van der Waals surface area (Å²) in [6, 6.07) is -1.23. The van der Waals surface area contributed by atoms with Crippen LogP contribution in [0.25, 0.3) is 0 Å². The molecule has 0 bridgehead atoms. The number of aliphatic hydroxyl groups is 1. The van der Waals surface area contributed by atoms with Crippen molar-refractivity contribution in [3.63, 3.8) is 0 Å². The number of hydrogen-bond donors (Lipinski definition) is 5. The van der Waals surface area contributed by atoms with Crippen LogP contribution in [0.1, 0.15) is 37.3 Å². The average molecular weight is 323 g/mol. The fourth-order valence-electron chi connectivity index (χ4n) is 1.75. The van der Waals surface area contributed by atoms with E-state index in [1.807, 2.05) is 0 Å². The number of nitrogens with one attached hydrogen (secondary N) is 3. The maximum absolute atomic E-state index is 11.6. The number of aromatic nitrogens is 4. The Kier molecular flexibility index (Phi) is 5.66. The first kappa shape index (κ1) is 16.9. The van der Waals surface area contributed by atoms with Crippen molar-refractivity contribution in [2.24, 2.45) is 5.73 Å². The van der Waals surface area contributed by atoms with Crippen molar-refractivity contribution in [3.05, 3.63) is 29.9 Å². The van der Waals surface area contributed by atoms with Crippen LogP contribution in [0, 0.1) is 0 Å². The molecule has 2 heterocycles. The first-order chi connectivity index (χ1) is 11.0. The number of hydrogen-bond acceptors (Lipinski definition) is 7. The Hall–Kier alpha value is -2.46. The maximum Gasteiger partial charge on any atom is 0.315 e. The van der Waals surface area contributed by atoms with E-state index in [1.54, 1.807) is 26.4 Å². The van der Waals surface area contributed by atoms with Gasteiger partial charge < -0.3 is 31.0 Å². The number of carbonyl (C=O) groups excluding carboxylic acids is 1. The van der Waals surface area contributed by atoms with E-state index in [0.29, 0.717) is 12.2 Å². The summed E-state index contributed by atoms with van der Waals surface area (Å²) < 4.78 is 5.05. The third kappa shape index (κ3) is 5.04. The van der Waals surface area contributed by atoms with E-state index in [9.17, 15) is 9.90 Å². The van der Waals surface area contributed by atoms with Crippen LogP contribution in [0.15, 0.2) is 17.0 Å². The Labute approximate surface area is 132 Å². The van der Waals surface area contributed by atoms with Gasteiger partial charge in [0.15, 0.2) is 5.82 Å². The number of amides is 2. The molecule has 2 aromatic rings. The second-order valence-electron chi connectivity index (χ2n) is 5.29. The summed E-state index contributed by atoms with van der Waals surface area (Å²) in [5.74, 6) is 0.606. The van der Waals surface area contributed by atoms with Gasteiger partial charge in [-0.25, -0.2) is 9.78 Å². The zero-order valence-corrected chi connectivity index (χ0v) is 13.0. The fourth-order valence-corrected chi connectivity index (χ4v) is 1.75. The quantitative estimate of drug-likeness (QED) is 0.464. The van der Waals surface area contributed by atoms with Gasteiger partial charge in [-0.15, -0.1) is 0 Å². The number of rotatable bonds is 7. The number of nitrogens with two attached hydrogens (primary N) is 1. The summed E-state index contributed by atoms with van der Waals surface area (Å²) in [6.07, 6.45) is 3.10. The second-order valence-corrected chi connectivity index (χ2v) is 5.29. The first-order valence-corrected chi connectivity index (χ1v) is 7.23. The maximum atomic E-state index is 11.6. The number of urea groups is 1.